The third-order valence-electron chi connectivity index (χ3n) is 4.35. The second-order valence-electron chi connectivity index (χ2n) is 6.37. The number of carbonyl (C=O) groups is 1. The van der Waals surface area contributed by atoms with Gasteiger partial charge >= 0.3 is 0 Å². The van der Waals surface area contributed by atoms with E-state index in [2.05, 4.69) is 10.3 Å². The van der Waals surface area contributed by atoms with Gasteiger partial charge in [-0.2, -0.15) is 0 Å². The molecule has 0 saturated carbocycles. The number of halogens is 1. The summed E-state index contributed by atoms with van der Waals surface area (Å²) in [5.74, 6) is -0.276. The van der Waals surface area contributed by atoms with E-state index in [9.17, 15) is 14.0 Å². The molecule has 1 aliphatic heterocycles. The quantitative estimate of drug-likeness (QED) is 0.875. The molecule has 2 atom stereocenters. The van der Waals surface area contributed by atoms with Gasteiger partial charge in [0, 0.05) is 24.2 Å². The van der Waals surface area contributed by atoms with Crippen molar-refractivity contribution in [3.63, 3.8) is 0 Å². The van der Waals surface area contributed by atoms with Crippen LogP contribution in [0.15, 0.2) is 35.1 Å². The van der Waals surface area contributed by atoms with Crippen molar-refractivity contribution in [3.8, 4) is 5.75 Å². The van der Waals surface area contributed by atoms with Gasteiger partial charge in [0.1, 0.15) is 17.7 Å². The summed E-state index contributed by atoms with van der Waals surface area (Å²) >= 11 is 0. The summed E-state index contributed by atoms with van der Waals surface area (Å²) in [6.45, 7) is 4.20. The molecule has 2 N–H and O–H groups in total. The molecule has 0 radical (unpaired) electrons. The fourth-order valence-electron chi connectivity index (χ4n) is 3.15. The molecule has 1 saturated heterocycles. The molecule has 1 aliphatic rings. The Hall–Kier alpha value is -2.67. The van der Waals surface area contributed by atoms with Crippen molar-refractivity contribution in [2.24, 2.45) is 0 Å². The standard InChI is InChI=1S/C19H21FN2O4/c1-11-8-17(23)21-12(2)18(11)19(24)22-15-10-25-7-6-16(15)26-14-5-3-4-13(20)9-14/h3-5,8-9,15-16H,6-7,10H2,1-2H3,(H,21,23)(H,22,24)/t15-,16+/m1/s1. The van der Waals surface area contributed by atoms with E-state index in [-0.39, 0.29) is 29.4 Å². The monoisotopic (exact) mass is 360 g/mol. The molecule has 7 heteroatoms. The number of H-pyrrole nitrogens is 1. The first-order valence-corrected chi connectivity index (χ1v) is 8.45. The third kappa shape index (κ3) is 4.11. The molecular formula is C19H21FN2O4. The van der Waals surface area contributed by atoms with Gasteiger partial charge in [-0.1, -0.05) is 6.07 Å². The van der Waals surface area contributed by atoms with Crippen LogP contribution in [0, 0.1) is 19.7 Å². The lowest BCUT2D eigenvalue weighted by Crippen LogP contribution is -2.52. The van der Waals surface area contributed by atoms with Crippen molar-refractivity contribution in [2.45, 2.75) is 32.4 Å². The minimum atomic E-state index is -0.384. The molecule has 26 heavy (non-hydrogen) atoms. The lowest BCUT2D eigenvalue weighted by atomic mass is 10.0. The Morgan fingerprint density at radius 1 is 1.35 bits per heavy atom. The summed E-state index contributed by atoms with van der Waals surface area (Å²) in [6.07, 6.45) is 0.239. The lowest BCUT2D eigenvalue weighted by molar-refractivity contribution is -0.00300. The van der Waals surface area contributed by atoms with Crippen LogP contribution in [0.4, 0.5) is 4.39 Å². The van der Waals surface area contributed by atoms with Crippen LogP contribution in [-0.2, 0) is 4.74 Å². The van der Waals surface area contributed by atoms with Crippen LogP contribution < -0.4 is 15.6 Å². The number of pyridine rings is 1. The van der Waals surface area contributed by atoms with E-state index in [1.165, 1.54) is 18.2 Å². The highest BCUT2D eigenvalue weighted by molar-refractivity contribution is 5.96. The van der Waals surface area contributed by atoms with Crippen molar-refractivity contribution in [1.29, 1.82) is 0 Å². The second kappa shape index (κ2) is 7.70. The Balaban J connectivity index is 1.76. The van der Waals surface area contributed by atoms with Crippen molar-refractivity contribution in [1.82, 2.24) is 10.3 Å². The van der Waals surface area contributed by atoms with Gasteiger partial charge in [0.05, 0.1) is 24.8 Å². The van der Waals surface area contributed by atoms with Crippen molar-refractivity contribution < 1.29 is 18.7 Å². The SMILES string of the molecule is Cc1cc(=O)[nH]c(C)c1C(=O)N[C@@H]1COCC[C@@H]1Oc1cccc(F)c1. The predicted molar refractivity (Wildman–Crippen MR) is 94.0 cm³/mol. The molecule has 2 aromatic rings. The molecule has 3 rings (SSSR count). The number of nitrogens with one attached hydrogen (secondary N) is 2. The zero-order valence-electron chi connectivity index (χ0n) is 14.7. The van der Waals surface area contributed by atoms with Crippen molar-refractivity contribution in [2.75, 3.05) is 13.2 Å². The minimum absolute atomic E-state index is 0.245. The molecule has 1 fully saturated rings. The van der Waals surface area contributed by atoms with E-state index < -0.39 is 0 Å². The first-order valence-electron chi connectivity index (χ1n) is 8.45. The van der Waals surface area contributed by atoms with Crippen LogP contribution in [0.5, 0.6) is 5.75 Å². The highest BCUT2D eigenvalue weighted by Crippen LogP contribution is 2.20. The van der Waals surface area contributed by atoms with Crippen LogP contribution in [0.1, 0.15) is 28.0 Å². The molecule has 0 aliphatic carbocycles. The van der Waals surface area contributed by atoms with Gasteiger partial charge in [0.15, 0.2) is 0 Å². The largest absolute Gasteiger partial charge is 0.488 e. The normalized spacial score (nSPS) is 19.8. The van der Waals surface area contributed by atoms with Crippen LogP contribution in [-0.4, -0.2) is 36.3 Å². The van der Waals surface area contributed by atoms with E-state index in [4.69, 9.17) is 9.47 Å². The summed E-state index contributed by atoms with van der Waals surface area (Å²) in [4.78, 5) is 26.8. The number of benzene rings is 1. The smallest absolute Gasteiger partial charge is 0.253 e. The topological polar surface area (TPSA) is 80.4 Å². The first-order chi connectivity index (χ1) is 12.4. The van der Waals surface area contributed by atoms with Crippen LogP contribution in [0.25, 0.3) is 0 Å². The van der Waals surface area contributed by atoms with E-state index >= 15 is 0 Å². The van der Waals surface area contributed by atoms with Gasteiger partial charge in [-0.25, -0.2) is 4.39 Å². The molecule has 1 amide bonds. The molecule has 0 spiro atoms. The number of carbonyl (C=O) groups excluding carboxylic acids is 1. The average Bonchev–Trinajstić information content (AvgIpc) is 2.55. The van der Waals surface area contributed by atoms with E-state index in [1.54, 1.807) is 26.0 Å². The highest BCUT2D eigenvalue weighted by atomic mass is 19.1. The number of aromatic nitrogens is 1. The summed E-state index contributed by atoms with van der Waals surface area (Å²) < 4.78 is 24.7. The lowest BCUT2D eigenvalue weighted by Gasteiger charge is -2.32. The number of aryl methyl sites for hydroxylation is 2. The fraction of sp³-hybridized carbons (Fsp3) is 0.368. The van der Waals surface area contributed by atoms with Gasteiger partial charge in [-0.05, 0) is 31.5 Å². The van der Waals surface area contributed by atoms with E-state index in [0.29, 0.717) is 42.2 Å². The van der Waals surface area contributed by atoms with Gasteiger partial charge in [0.2, 0.25) is 5.56 Å². The molecule has 2 heterocycles. The number of hydrogen-bond acceptors (Lipinski definition) is 4. The average molecular weight is 360 g/mol. The fourth-order valence-corrected chi connectivity index (χ4v) is 3.15. The number of ether oxygens (including phenoxy) is 2. The second-order valence-corrected chi connectivity index (χ2v) is 6.37. The Bertz CT molecular complexity index is 839. The molecule has 1 aromatic carbocycles. The van der Waals surface area contributed by atoms with E-state index in [1.807, 2.05) is 0 Å². The maximum Gasteiger partial charge on any atom is 0.253 e. The summed E-state index contributed by atoms with van der Waals surface area (Å²) in [6, 6.07) is 6.91. The highest BCUT2D eigenvalue weighted by Gasteiger charge is 2.30. The minimum Gasteiger partial charge on any atom is -0.488 e. The van der Waals surface area contributed by atoms with Gasteiger partial charge < -0.3 is 19.8 Å². The van der Waals surface area contributed by atoms with Gasteiger partial charge in [0.25, 0.3) is 5.91 Å². The Kier molecular flexibility index (Phi) is 5.37. The van der Waals surface area contributed by atoms with Crippen LogP contribution in [0.3, 0.4) is 0 Å². The van der Waals surface area contributed by atoms with Crippen molar-refractivity contribution in [3.05, 3.63) is 63.3 Å². The number of amides is 1. The molecule has 0 bridgehead atoms. The van der Waals surface area contributed by atoms with Crippen molar-refractivity contribution >= 4 is 5.91 Å². The van der Waals surface area contributed by atoms with Gasteiger partial charge in [-0.15, -0.1) is 0 Å². The number of rotatable bonds is 4. The molecule has 1 aromatic heterocycles. The van der Waals surface area contributed by atoms with Gasteiger partial charge in [-0.3, -0.25) is 9.59 Å². The summed E-state index contributed by atoms with van der Waals surface area (Å²) in [7, 11) is 0. The zero-order valence-corrected chi connectivity index (χ0v) is 14.7. The molecule has 0 unspecified atom stereocenters. The maximum absolute atomic E-state index is 13.4. The zero-order chi connectivity index (χ0) is 18.7. The molecule has 138 valence electrons. The third-order valence-corrected chi connectivity index (χ3v) is 4.35. The number of hydrogen-bond donors (Lipinski definition) is 2. The molecule has 6 nitrogen and oxygen atoms in total. The van der Waals surface area contributed by atoms with Crippen LogP contribution >= 0.6 is 0 Å². The predicted octanol–water partition coefficient (Wildman–Crippen LogP) is 2.10. The summed E-state index contributed by atoms with van der Waals surface area (Å²) in [5.41, 5.74) is 1.29. The Labute approximate surface area is 150 Å². The van der Waals surface area contributed by atoms with E-state index in [0.717, 1.165) is 0 Å². The Morgan fingerprint density at radius 2 is 2.15 bits per heavy atom. The van der Waals surface area contributed by atoms with Crippen LogP contribution in [0.2, 0.25) is 0 Å². The maximum atomic E-state index is 13.4. The number of aromatic amines is 1. The summed E-state index contributed by atoms with van der Waals surface area (Å²) in [5, 5.41) is 2.92. The molecular weight excluding hydrogens is 339 g/mol. The Morgan fingerprint density at radius 3 is 2.88 bits per heavy atom. The first kappa shape index (κ1) is 18.1.